The van der Waals surface area contributed by atoms with E-state index < -0.39 is 58.9 Å². The number of carbonyl (C=O) groups is 5. The van der Waals surface area contributed by atoms with Gasteiger partial charge >= 0.3 is 12.1 Å². The van der Waals surface area contributed by atoms with Crippen LogP contribution in [0, 0.1) is 11.3 Å². The second kappa shape index (κ2) is 16.0. The van der Waals surface area contributed by atoms with E-state index in [1.54, 1.807) is 44.4 Å². The summed E-state index contributed by atoms with van der Waals surface area (Å²) in [6.45, 7) is 10.4. The van der Waals surface area contributed by atoms with Crippen molar-refractivity contribution in [1.29, 1.82) is 0 Å². The second-order valence-corrected chi connectivity index (χ2v) is 16.4. The van der Waals surface area contributed by atoms with E-state index in [-0.39, 0.29) is 31.4 Å². The molecule has 2 aliphatic carbocycles. The maximum absolute atomic E-state index is 14.6. The summed E-state index contributed by atoms with van der Waals surface area (Å²) in [5, 5.41) is 20.9. The van der Waals surface area contributed by atoms with Crippen molar-refractivity contribution in [3.63, 3.8) is 0 Å². The van der Waals surface area contributed by atoms with Crippen molar-refractivity contribution >= 4 is 57.2 Å². The lowest BCUT2D eigenvalue weighted by atomic mass is 9.85. The van der Waals surface area contributed by atoms with E-state index in [0.29, 0.717) is 44.7 Å². The first-order chi connectivity index (χ1) is 26.6. The zero-order valence-corrected chi connectivity index (χ0v) is 33.1. The van der Waals surface area contributed by atoms with Gasteiger partial charge in [0.2, 0.25) is 17.7 Å². The number of carbonyl (C=O) groups excluding carboxylic acids is 4. The Kier molecular flexibility index (Phi) is 11.5. The number of aromatic nitrogens is 2. The first-order valence-electron chi connectivity index (χ1n) is 18.5. The van der Waals surface area contributed by atoms with E-state index in [4.69, 9.17) is 23.9 Å². The molecule has 3 aliphatic rings. The molecule has 56 heavy (non-hydrogen) atoms. The average Bonchev–Trinajstić information content (AvgIpc) is 3.55. The van der Waals surface area contributed by atoms with E-state index >= 15 is 0 Å². The molecule has 0 bridgehead atoms. The zero-order valence-electron chi connectivity index (χ0n) is 32.3. The summed E-state index contributed by atoms with van der Waals surface area (Å²) in [7, 11) is 3.00. The van der Waals surface area contributed by atoms with Crippen molar-refractivity contribution in [1.82, 2.24) is 25.5 Å². The highest BCUT2D eigenvalue weighted by atomic mass is 32.1. The van der Waals surface area contributed by atoms with Crippen LogP contribution in [0.25, 0.3) is 22.3 Å². The van der Waals surface area contributed by atoms with E-state index in [0.717, 1.165) is 25.7 Å². The topological polar surface area (TPSA) is 208 Å². The number of nitrogens with one attached hydrogen (secondary N) is 3. The number of amides is 4. The van der Waals surface area contributed by atoms with Gasteiger partial charge < -0.3 is 44.9 Å². The highest BCUT2D eigenvalue weighted by Gasteiger charge is 2.61. The largest absolute Gasteiger partial charge is 0.493 e. The number of anilines is 1. The van der Waals surface area contributed by atoms with Crippen LogP contribution in [-0.2, 0) is 23.9 Å². The number of rotatable bonds is 13. The predicted molar refractivity (Wildman–Crippen MR) is 207 cm³/mol. The van der Waals surface area contributed by atoms with Gasteiger partial charge in [0, 0.05) is 42.2 Å². The number of ether oxygens (including phenoxy) is 4. The number of nitrogens with zero attached hydrogens (tertiary/aromatic N) is 3. The number of benzene rings is 1. The maximum atomic E-state index is 14.6. The first-order valence-corrected chi connectivity index (χ1v) is 19.4. The molecule has 6 rings (SSSR count). The molecule has 1 aromatic carbocycles. The first kappa shape index (κ1) is 40.2. The maximum Gasteiger partial charge on any atom is 0.408 e. The molecule has 300 valence electrons. The molecule has 0 spiro atoms. The number of likely N-dealkylation sites (tertiary alicyclic amines) is 1. The highest BCUT2D eigenvalue weighted by Crippen LogP contribution is 2.45. The fraction of sp³-hybridized carbons (Fsp3) is 0.513. The number of carboxylic acids is 1. The number of fused-ring (bicyclic) bond motifs is 1. The van der Waals surface area contributed by atoms with Crippen LogP contribution >= 0.6 is 11.3 Å². The lowest BCUT2D eigenvalue weighted by molar-refractivity contribution is -0.146. The molecule has 3 heterocycles. The Morgan fingerprint density at radius 3 is 2.32 bits per heavy atom. The lowest BCUT2D eigenvalue weighted by Crippen LogP contribution is -2.59. The Bertz CT molecular complexity index is 2040. The molecule has 16 nitrogen and oxygen atoms in total. The summed E-state index contributed by atoms with van der Waals surface area (Å²) in [5.74, 6) is -2.02. The predicted octanol–water partition coefficient (Wildman–Crippen LogP) is 4.91. The minimum absolute atomic E-state index is 0.00870. The van der Waals surface area contributed by atoms with Crippen LogP contribution in [0.15, 0.2) is 36.2 Å². The smallest absolute Gasteiger partial charge is 0.408 e. The van der Waals surface area contributed by atoms with Gasteiger partial charge in [-0.05, 0) is 43.6 Å². The fourth-order valence-electron chi connectivity index (χ4n) is 7.35. The molecule has 3 aromatic rings. The van der Waals surface area contributed by atoms with Crippen molar-refractivity contribution in [3.05, 3.63) is 36.2 Å². The van der Waals surface area contributed by atoms with Crippen molar-refractivity contribution in [2.45, 2.75) is 96.1 Å². The fourth-order valence-corrected chi connectivity index (χ4v) is 8.10. The quantitative estimate of drug-likeness (QED) is 0.170. The minimum Gasteiger partial charge on any atom is -0.493 e. The zero-order chi connectivity index (χ0) is 40.5. The molecule has 0 radical (unpaired) electrons. The normalized spacial score (nSPS) is 22.5. The number of methoxy groups -OCH3 is 2. The number of alkyl carbamates (subject to hydrolysis) is 1. The van der Waals surface area contributed by atoms with Gasteiger partial charge in [0.05, 0.1) is 32.0 Å². The molecular formula is C39H48N6O10S. The number of carboxylic acid groups (broad SMARTS) is 1. The van der Waals surface area contributed by atoms with Gasteiger partial charge in [-0.25, -0.2) is 19.6 Å². The van der Waals surface area contributed by atoms with E-state index in [1.165, 1.54) is 43.5 Å². The van der Waals surface area contributed by atoms with Gasteiger partial charge in [-0.2, -0.15) is 0 Å². The number of hydrogen-bond acceptors (Lipinski definition) is 12. The van der Waals surface area contributed by atoms with E-state index in [2.05, 4.69) is 27.5 Å². The lowest BCUT2D eigenvalue weighted by Gasteiger charge is -2.35. The van der Waals surface area contributed by atoms with Crippen molar-refractivity contribution in [2.24, 2.45) is 11.3 Å². The SMILES string of the molecule is C=CC1CC1(NC(=O)C1CC(Oc2cc(-c3csc(NC(C)=O)n3)nc3cc(OC)c(OC)cc23)CN1C(=O)C(NC(=O)OC1CCCC1)C(C)(C)C)C(=O)O. The molecular weight excluding hydrogens is 745 g/mol. The van der Waals surface area contributed by atoms with Gasteiger partial charge in [0.25, 0.3) is 0 Å². The molecule has 5 atom stereocenters. The van der Waals surface area contributed by atoms with Crippen LogP contribution in [0.5, 0.6) is 17.2 Å². The third kappa shape index (κ3) is 8.37. The summed E-state index contributed by atoms with van der Waals surface area (Å²) < 4.78 is 23.4. The average molecular weight is 793 g/mol. The third-order valence-corrected chi connectivity index (χ3v) is 11.2. The summed E-state index contributed by atoms with van der Waals surface area (Å²) in [6, 6.07) is 2.81. The van der Waals surface area contributed by atoms with E-state index in [9.17, 15) is 29.1 Å². The standard InChI is InChI=1S/C39H48N6O10S/c1-8-21-17-39(21,35(49)50)44-33(47)28-13-23(18-45(28)34(48)32(38(3,4)5)43-37(51)55-22-11-9-10-12-22)54-29-16-26(27-19-56-36(42-27)40-20(2)46)41-25-15-31(53-7)30(52-6)14-24(25)29/h8,14-16,19,21-23,28,32H,1,9-13,17-18H2,2-7H3,(H,43,51)(H,44,47)(H,49,50)(H,40,42,46). The molecule has 17 heteroatoms. The van der Waals surface area contributed by atoms with E-state index in [1.807, 2.05) is 0 Å². The van der Waals surface area contributed by atoms with Gasteiger partial charge in [-0.3, -0.25) is 14.4 Å². The summed E-state index contributed by atoms with van der Waals surface area (Å²) >= 11 is 1.22. The summed E-state index contributed by atoms with van der Waals surface area (Å²) in [5.41, 5.74) is -1.01. The van der Waals surface area contributed by atoms with Crippen LogP contribution in [-0.4, -0.2) is 100 Å². The monoisotopic (exact) mass is 792 g/mol. The van der Waals surface area contributed by atoms with Crippen molar-refractivity contribution in [2.75, 3.05) is 26.1 Å². The minimum atomic E-state index is -1.55. The molecule has 3 fully saturated rings. The van der Waals surface area contributed by atoms with Gasteiger partial charge in [-0.15, -0.1) is 17.9 Å². The van der Waals surface area contributed by atoms with Crippen LogP contribution in [0.2, 0.25) is 0 Å². The summed E-state index contributed by atoms with van der Waals surface area (Å²) in [4.78, 5) is 76.6. The Morgan fingerprint density at radius 2 is 1.71 bits per heavy atom. The van der Waals surface area contributed by atoms with Crippen LogP contribution in [0.4, 0.5) is 9.93 Å². The van der Waals surface area contributed by atoms with Crippen molar-refractivity contribution in [3.8, 4) is 28.6 Å². The Labute approximate surface area is 328 Å². The molecule has 4 N–H and O–H groups in total. The van der Waals surface area contributed by atoms with Gasteiger partial charge in [0.1, 0.15) is 41.3 Å². The molecule has 2 aromatic heterocycles. The Morgan fingerprint density at radius 1 is 1.02 bits per heavy atom. The molecule has 2 saturated carbocycles. The summed E-state index contributed by atoms with van der Waals surface area (Å²) in [6.07, 6.45) is 3.29. The Balaban J connectivity index is 1.36. The Hall–Kier alpha value is -5.45. The number of pyridine rings is 1. The number of thiazole rings is 1. The third-order valence-electron chi connectivity index (χ3n) is 10.4. The molecule has 5 unspecified atom stereocenters. The second-order valence-electron chi connectivity index (χ2n) is 15.5. The van der Waals surface area contributed by atoms with Crippen LogP contribution in [0.1, 0.15) is 66.2 Å². The van der Waals surface area contributed by atoms with Gasteiger partial charge in [-0.1, -0.05) is 26.8 Å². The van der Waals surface area contributed by atoms with Crippen LogP contribution < -0.4 is 30.2 Å². The number of aliphatic carboxylic acids is 1. The molecule has 4 amide bonds. The highest BCUT2D eigenvalue weighted by molar-refractivity contribution is 7.14. The molecule has 1 aliphatic heterocycles. The van der Waals surface area contributed by atoms with Crippen molar-refractivity contribution < 1.29 is 48.0 Å². The molecule has 1 saturated heterocycles. The van der Waals surface area contributed by atoms with Crippen LogP contribution in [0.3, 0.4) is 0 Å². The number of hydrogen-bond donors (Lipinski definition) is 4. The van der Waals surface area contributed by atoms with Gasteiger partial charge in [0.15, 0.2) is 16.6 Å².